The molecule has 5 heteroatoms. The highest BCUT2D eigenvalue weighted by Crippen LogP contribution is 2.31. The van der Waals surface area contributed by atoms with Crippen LogP contribution in [0.1, 0.15) is 16.7 Å². The van der Waals surface area contributed by atoms with Crippen LogP contribution in [-0.2, 0) is 11.4 Å². The first-order valence-corrected chi connectivity index (χ1v) is 10.4. The number of ether oxygens (including phenoxy) is 1. The van der Waals surface area contributed by atoms with Crippen LogP contribution in [0, 0.1) is 24.1 Å². The van der Waals surface area contributed by atoms with Crippen LogP contribution in [0.3, 0.4) is 0 Å². The molecule has 0 saturated carbocycles. The molecule has 4 aromatic carbocycles. The highest BCUT2D eigenvalue weighted by Gasteiger charge is 2.14. The molecule has 0 aliphatic carbocycles. The van der Waals surface area contributed by atoms with E-state index in [-0.39, 0.29) is 18.0 Å². The van der Waals surface area contributed by atoms with Crippen molar-refractivity contribution in [3.63, 3.8) is 0 Å². The topological polar surface area (TPSA) is 62.1 Å². The van der Waals surface area contributed by atoms with Crippen molar-refractivity contribution < 1.29 is 13.9 Å². The molecule has 0 atom stereocenters. The number of rotatable bonds is 6. The number of nitriles is 1. The molecule has 0 fully saturated rings. The Labute approximate surface area is 191 Å². The summed E-state index contributed by atoms with van der Waals surface area (Å²) >= 11 is 0. The fourth-order valence-electron chi connectivity index (χ4n) is 3.54. The van der Waals surface area contributed by atoms with Crippen molar-refractivity contribution in [2.45, 2.75) is 13.5 Å². The quantitative estimate of drug-likeness (QED) is 0.281. The van der Waals surface area contributed by atoms with Crippen LogP contribution in [0.15, 0.2) is 90.5 Å². The summed E-state index contributed by atoms with van der Waals surface area (Å²) in [7, 11) is 0. The second-order valence-electron chi connectivity index (χ2n) is 7.57. The van der Waals surface area contributed by atoms with Crippen molar-refractivity contribution in [2.75, 3.05) is 5.32 Å². The van der Waals surface area contributed by atoms with E-state index in [2.05, 4.69) is 5.32 Å². The molecule has 0 aromatic heterocycles. The Hall–Kier alpha value is -4.43. The average Bonchev–Trinajstić information content (AvgIpc) is 2.82. The van der Waals surface area contributed by atoms with Gasteiger partial charge in [0.1, 0.15) is 29.8 Å². The number of anilines is 1. The highest BCUT2D eigenvalue weighted by molar-refractivity contribution is 6.11. The number of nitrogens with one attached hydrogen (secondary N) is 1. The minimum absolute atomic E-state index is 0.0171. The first-order valence-electron chi connectivity index (χ1n) is 10.4. The van der Waals surface area contributed by atoms with Crippen molar-refractivity contribution in [1.29, 1.82) is 5.26 Å². The first-order chi connectivity index (χ1) is 16.0. The van der Waals surface area contributed by atoms with Crippen LogP contribution in [0.5, 0.6) is 5.75 Å². The first kappa shape index (κ1) is 21.8. The molecule has 4 aromatic rings. The van der Waals surface area contributed by atoms with Crippen molar-refractivity contribution >= 4 is 28.4 Å². The van der Waals surface area contributed by atoms with Crippen LogP contribution >= 0.6 is 0 Å². The Morgan fingerprint density at radius 1 is 1.03 bits per heavy atom. The van der Waals surface area contributed by atoms with E-state index in [4.69, 9.17) is 4.74 Å². The largest absolute Gasteiger partial charge is 0.488 e. The molecule has 162 valence electrons. The maximum absolute atomic E-state index is 14.1. The van der Waals surface area contributed by atoms with Gasteiger partial charge in [-0.05, 0) is 53.6 Å². The summed E-state index contributed by atoms with van der Waals surface area (Å²) in [6, 6.07) is 27.0. The fourth-order valence-corrected chi connectivity index (χ4v) is 3.54. The van der Waals surface area contributed by atoms with E-state index in [0.717, 1.165) is 16.3 Å². The SMILES string of the molecule is Cc1cccc(NC(=O)/C(C#N)=C/c2c(OCc3ccccc3F)ccc3ccccc23)c1. The van der Waals surface area contributed by atoms with Gasteiger partial charge < -0.3 is 10.1 Å². The molecular weight excluding hydrogens is 415 g/mol. The zero-order valence-corrected chi connectivity index (χ0v) is 18.0. The lowest BCUT2D eigenvalue weighted by Crippen LogP contribution is -2.13. The van der Waals surface area contributed by atoms with Gasteiger partial charge in [-0.3, -0.25) is 4.79 Å². The molecular formula is C28H21FN2O2. The van der Waals surface area contributed by atoms with Crippen molar-refractivity contribution in [2.24, 2.45) is 0 Å². The number of carbonyl (C=O) groups excluding carboxylic acids is 1. The van der Waals surface area contributed by atoms with Crippen molar-refractivity contribution in [3.8, 4) is 11.8 Å². The lowest BCUT2D eigenvalue weighted by atomic mass is 10.0. The molecule has 4 rings (SSSR count). The van der Waals surface area contributed by atoms with E-state index in [0.29, 0.717) is 22.6 Å². The van der Waals surface area contributed by atoms with Crippen LogP contribution < -0.4 is 10.1 Å². The van der Waals surface area contributed by atoms with E-state index in [1.54, 1.807) is 30.3 Å². The predicted molar refractivity (Wildman–Crippen MR) is 128 cm³/mol. The van der Waals surface area contributed by atoms with E-state index in [1.165, 1.54) is 12.1 Å². The predicted octanol–water partition coefficient (Wildman–Crippen LogP) is 6.41. The number of halogens is 1. The van der Waals surface area contributed by atoms with E-state index < -0.39 is 5.91 Å². The number of benzene rings is 4. The summed E-state index contributed by atoms with van der Waals surface area (Å²) in [5, 5.41) is 14.2. The molecule has 4 nitrogen and oxygen atoms in total. The second kappa shape index (κ2) is 9.80. The fraction of sp³-hybridized carbons (Fsp3) is 0.0714. The molecule has 1 amide bonds. The molecule has 1 N–H and O–H groups in total. The third-order valence-corrected chi connectivity index (χ3v) is 5.20. The average molecular weight is 436 g/mol. The Balaban J connectivity index is 1.71. The summed E-state index contributed by atoms with van der Waals surface area (Å²) in [6.07, 6.45) is 1.52. The number of carbonyl (C=O) groups is 1. The third-order valence-electron chi connectivity index (χ3n) is 5.20. The summed E-state index contributed by atoms with van der Waals surface area (Å²) in [5.74, 6) is -0.422. The van der Waals surface area contributed by atoms with Crippen molar-refractivity contribution in [3.05, 3.63) is 113 Å². The minimum atomic E-state index is -0.518. The van der Waals surface area contributed by atoms with Gasteiger partial charge in [0.15, 0.2) is 0 Å². The van der Waals surface area contributed by atoms with Crippen LogP contribution in [-0.4, -0.2) is 5.91 Å². The molecule has 0 spiro atoms. The van der Waals surface area contributed by atoms with Gasteiger partial charge in [-0.15, -0.1) is 0 Å². The summed E-state index contributed by atoms with van der Waals surface area (Å²) < 4.78 is 20.0. The molecule has 0 heterocycles. The number of nitrogens with zero attached hydrogens (tertiary/aromatic N) is 1. The third kappa shape index (κ3) is 5.08. The van der Waals surface area contributed by atoms with E-state index in [9.17, 15) is 14.4 Å². The van der Waals surface area contributed by atoms with Crippen molar-refractivity contribution in [1.82, 2.24) is 0 Å². The number of fused-ring (bicyclic) bond motifs is 1. The lowest BCUT2D eigenvalue weighted by Gasteiger charge is -2.13. The molecule has 0 unspecified atom stereocenters. The maximum atomic E-state index is 14.1. The Bertz CT molecular complexity index is 1400. The van der Waals surface area contributed by atoms with Gasteiger partial charge in [0.05, 0.1) is 0 Å². The smallest absolute Gasteiger partial charge is 0.266 e. The zero-order chi connectivity index (χ0) is 23.2. The standard InChI is InChI=1S/C28H21FN2O2/c1-19-7-6-10-23(15-19)31-28(32)22(17-30)16-25-24-11-4-2-8-20(24)13-14-27(25)33-18-21-9-3-5-12-26(21)29/h2-16H,18H2,1H3,(H,31,32)/b22-16+. The number of amides is 1. The molecule has 0 aliphatic rings. The van der Waals surface area contributed by atoms with Gasteiger partial charge in [0.25, 0.3) is 5.91 Å². The molecule has 0 saturated heterocycles. The summed E-state index contributed by atoms with van der Waals surface area (Å²) in [6.45, 7) is 1.94. The van der Waals surface area contributed by atoms with Gasteiger partial charge in [0.2, 0.25) is 0 Å². The monoisotopic (exact) mass is 436 g/mol. The molecule has 0 radical (unpaired) electrons. The van der Waals surface area contributed by atoms with Gasteiger partial charge >= 0.3 is 0 Å². The Morgan fingerprint density at radius 3 is 2.61 bits per heavy atom. The molecule has 33 heavy (non-hydrogen) atoms. The van der Waals surface area contributed by atoms with E-state index in [1.807, 2.05) is 61.5 Å². The minimum Gasteiger partial charge on any atom is -0.488 e. The molecule has 0 aliphatic heterocycles. The van der Waals surface area contributed by atoms with Gasteiger partial charge in [-0.25, -0.2) is 4.39 Å². The number of hydrogen-bond donors (Lipinski definition) is 1. The maximum Gasteiger partial charge on any atom is 0.266 e. The van der Waals surface area contributed by atoms with Gasteiger partial charge in [-0.2, -0.15) is 5.26 Å². The zero-order valence-electron chi connectivity index (χ0n) is 18.0. The summed E-state index contributed by atoms with van der Waals surface area (Å²) in [5.41, 5.74) is 2.53. The van der Waals surface area contributed by atoms with Crippen LogP contribution in [0.2, 0.25) is 0 Å². The van der Waals surface area contributed by atoms with Crippen LogP contribution in [0.4, 0.5) is 10.1 Å². The summed E-state index contributed by atoms with van der Waals surface area (Å²) in [4.78, 5) is 12.8. The van der Waals surface area contributed by atoms with E-state index >= 15 is 0 Å². The van der Waals surface area contributed by atoms with Crippen LogP contribution in [0.25, 0.3) is 16.8 Å². The lowest BCUT2D eigenvalue weighted by molar-refractivity contribution is -0.112. The highest BCUT2D eigenvalue weighted by atomic mass is 19.1. The Kier molecular flexibility index (Phi) is 6.47. The Morgan fingerprint density at radius 2 is 1.82 bits per heavy atom. The second-order valence-corrected chi connectivity index (χ2v) is 7.57. The number of aryl methyl sites for hydroxylation is 1. The van der Waals surface area contributed by atoms with Gasteiger partial charge in [-0.1, -0.05) is 60.7 Å². The normalized spacial score (nSPS) is 11.1. The number of hydrogen-bond acceptors (Lipinski definition) is 3. The van der Waals surface area contributed by atoms with Gasteiger partial charge in [0, 0.05) is 16.8 Å². The molecule has 0 bridgehead atoms.